The lowest BCUT2D eigenvalue weighted by molar-refractivity contribution is 0.0692. The highest BCUT2D eigenvalue weighted by atomic mass is 32.1. The molecule has 0 amide bonds. The number of carbonyl (C=O) groups is 1. The van der Waals surface area contributed by atoms with Crippen LogP contribution < -0.4 is 0 Å². The van der Waals surface area contributed by atoms with Crippen molar-refractivity contribution < 1.29 is 9.90 Å². The number of carboxylic acid groups (broad SMARTS) is 1. The van der Waals surface area contributed by atoms with Crippen LogP contribution in [0.4, 0.5) is 0 Å². The Morgan fingerprint density at radius 3 is 2.75 bits per heavy atom. The fraction of sp³-hybridized carbons (Fsp3) is 0.222. The highest BCUT2D eigenvalue weighted by Gasteiger charge is 2.17. The Labute approximate surface area is 95.9 Å². The topological polar surface area (TPSA) is 86.7 Å². The van der Waals surface area contributed by atoms with Crippen molar-refractivity contribution in [1.29, 1.82) is 0 Å². The number of H-pyrrole nitrogens is 2. The zero-order valence-electron chi connectivity index (χ0n) is 8.74. The molecule has 2 aromatic rings. The second kappa shape index (κ2) is 3.60. The number of aromatic nitrogens is 4. The number of hydrogen-bond acceptors (Lipinski definition) is 3. The van der Waals surface area contributed by atoms with Crippen LogP contribution in [-0.4, -0.2) is 30.8 Å². The number of aromatic amines is 2. The molecule has 2 aromatic heterocycles. The van der Waals surface area contributed by atoms with Crippen LogP contribution in [0.3, 0.4) is 0 Å². The summed E-state index contributed by atoms with van der Waals surface area (Å²) in [5.41, 5.74) is 1.93. The van der Waals surface area contributed by atoms with Gasteiger partial charge in [-0.3, -0.25) is 4.68 Å². The van der Waals surface area contributed by atoms with E-state index in [-0.39, 0.29) is 10.5 Å². The van der Waals surface area contributed by atoms with Gasteiger partial charge in [0.2, 0.25) is 0 Å². The van der Waals surface area contributed by atoms with Crippen LogP contribution in [-0.2, 0) is 7.05 Å². The van der Waals surface area contributed by atoms with Gasteiger partial charge in [-0.05, 0) is 25.2 Å². The van der Waals surface area contributed by atoms with Gasteiger partial charge in [-0.2, -0.15) is 5.10 Å². The summed E-state index contributed by atoms with van der Waals surface area (Å²) >= 11 is 4.87. The Hall–Kier alpha value is -1.89. The molecule has 0 bridgehead atoms. The van der Waals surface area contributed by atoms with Crippen molar-refractivity contribution >= 4 is 18.2 Å². The van der Waals surface area contributed by atoms with Crippen LogP contribution in [0, 0.1) is 11.7 Å². The summed E-state index contributed by atoms with van der Waals surface area (Å²) in [6.45, 7) is 1.89. The van der Waals surface area contributed by atoms with E-state index in [9.17, 15) is 4.79 Å². The largest absolute Gasteiger partial charge is 0.477 e. The molecule has 0 aromatic carbocycles. The molecule has 0 spiro atoms. The lowest BCUT2D eigenvalue weighted by Crippen LogP contribution is -2.00. The lowest BCUT2D eigenvalue weighted by Gasteiger charge is -1.93. The van der Waals surface area contributed by atoms with E-state index in [0.29, 0.717) is 11.4 Å². The molecule has 0 aliphatic rings. The highest BCUT2D eigenvalue weighted by molar-refractivity contribution is 7.71. The molecular formula is C9H10N4O2S. The first-order valence-electron chi connectivity index (χ1n) is 4.55. The molecule has 3 N–H and O–H groups in total. The van der Waals surface area contributed by atoms with Crippen molar-refractivity contribution in [2.75, 3.05) is 0 Å². The maximum atomic E-state index is 11.0. The Morgan fingerprint density at radius 1 is 1.56 bits per heavy atom. The van der Waals surface area contributed by atoms with Gasteiger partial charge in [0, 0.05) is 12.7 Å². The summed E-state index contributed by atoms with van der Waals surface area (Å²) in [5, 5.41) is 13.2. The van der Waals surface area contributed by atoms with Gasteiger partial charge in [0.05, 0.1) is 5.69 Å². The van der Waals surface area contributed by atoms with Gasteiger partial charge >= 0.3 is 5.97 Å². The first-order chi connectivity index (χ1) is 7.49. The van der Waals surface area contributed by atoms with Crippen molar-refractivity contribution in [3.63, 3.8) is 0 Å². The predicted octanol–water partition coefficient (Wildman–Crippen LogP) is 1.48. The molecule has 2 heterocycles. The van der Waals surface area contributed by atoms with Gasteiger partial charge in [-0.25, -0.2) is 4.79 Å². The molecular weight excluding hydrogens is 228 g/mol. The molecule has 7 heteroatoms. The lowest BCUT2D eigenvalue weighted by atomic mass is 10.2. The second-order valence-electron chi connectivity index (χ2n) is 3.43. The average molecular weight is 238 g/mol. The zero-order valence-corrected chi connectivity index (χ0v) is 9.55. The van der Waals surface area contributed by atoms with Gasteiger partial charge in [-0.15, -0.1) is 0 Å². The molecule has 0 saturated heterocycles. The summed E-state index contributed by atoms with van der Waals surface area (Å²) in [7, 11) is 1.79. The summed E-state index contributed by atoms with van der Waals surface area (Å²) in [5.74, 6) is -1.06. The van der Waals surface area contributed by atoms with E-state index >= 15 is 0 Å². The monoisotopic (exact) mass is 238 g/mol. The molecule has 84 valence electrons. The molecule has 0 aliphatic carbocycles. The van der Waals surface area contributed by atoms with Crippen LogP contribution in [0.1, 0.15) is 16.2 Å². The van der Waals surface area contributed by atoms with E-state index in [1.807, 2.05) is 6.92 Å². The Morgan fingerprint density at radius 2 is 2.25 bits per heavy atom. The molecule has 16 heavy (non-hydrogen) atoms. The summed E-state index contributed by atoms with van der Waals surface area (Å²) in [6, 6.07) is 1.79. The molecule has 0 radical (unpaired) electrons. The minimum atomic E-state index is -1.06. The van der Waals surface area contributed by atoms with Crippen LogP contribution in [0.5, 0.6) is 0 Å². The molecule has 0 atom stereocenters. The van der Waals surface area contributed by atoms with Crippen molar-refractivity contribution in [2.24, 2.45) is 7.05 Å². The molecule has 0 saturated carbocycles. The minimum absolute atomic E-state index is 0.0306. The predicted molar refractivity (Wildman–Crippen MR) is 59.9 cm³/mol. The van der Waals surface area contributed by atoms with Crippen LogP contribution in [0.25, 0.3) is 11.4 Å². The van der Waals surface area contributed by atoms with E-state index in [4.69, 9.17) is 17.3 Å². The number of aryl methyl sites for hydroxylation is 2. The third-order valence-electron chi connectivity index (χ3n) is 2.31. The number of carboxylic acids is 1. The number of nitrogens with one attached hydrogen (secondary N) is 2. The quantitative estimate of drug-likeness (QED) is 0.691. The van der Waals surface area contributed by atoms with Crippen molar-refractivity contribution in [3.8, 4) is 11.4 Å². The summed E-state index contributed by atoms with van der Waals surface area (Å²) in [6.07, 6.45) is 0. The number of rotatable bonds is 2. The first kappa shape index (κ1) is 10.6. The van der Waals surface area contributed by atoms with E-state index in [2.05, 4.69) is 15.1 Å². The minimum Gasteiger partial charge on any atom is -0.477 e. The number of imidazole rings is 1. The van der Waals surface area contributed by atoms with Gasteiger partial charge in [0.25, 0.3) is 0 Å². The van der Waals surface area contributed by atoms with Gasteiger partial charge in [-0.1, -0.05) is 0 Å². The Balaban J connectivity index is 2.63. The maximum Gasteiger partial charge on any atom is 0.354 e. The van der Waals surface area contributed by atoms with E-state index in [0.717, 1.165) is 5.69 Å². The molecule has 0 fully saturated rings. The molecule has 6 nitrogen and oxygen atoms in total. The normalized spacial score (nSPS) is 10.6. The van der Waals surface area contributed by atoms with Crippen LogP contribution >= 0.6 is 12.2 Å². The molecule has 0 aliphatic heterocycles. The average Bonchev–Trinajstić information content (AvgIpc) is 2.71. The van der Waals surface area contributed by atoms with Crippen LogP contribution in [0.2, 0.25) is 0 Å². The SMILES string of the molecule is Cc1cc(-c2[nH]c(=S)[nH]c2C(=O)O)nn1C. The van der Waals surface area contributed by atoms with Crippen molar-refractivity contribution in [3.05, 3.63) is 22.2 Å². The Kier molecular flexibility index (Phi) is 2.39. The Bertz CT molecular complexity index is 588. The third-order valence-corrected chi connectivity index (χ3v) is 2.51. The first-order valence-corrected chi connectivity index (χ1v) is 4.96. The van der Waals surface area contributed by atoms with E-state index < -0.39 is 5.97 Å². The standard InChI is InChI=1S/C9H10N4O2S/c1-4-3-5(12-13(4)2)6-7(8(14)15)11-9(16)10-6/h3H,1-2H3,(H,14,15)(H2,10,11,16). The van der Waals surface area contributed by atoms with Gasteiger partial charge in [0.15, 0.2) is 10.5 Å². The van der Waals surface area contributed by atoms with Crippen LogP contribution in [0.15, 0.2) is 6.07 Å². The second-order valence-corrected chi connectivity index (χ2v) is 3.84. The van der Waals surface area contributed by atoms with Crippen molar-refractivity contribution in [2.45, 2.75) is 6.92 Å². The summed E-state index contributed by atoms with van der Waals surface area (Å²) < 4.78 is 1.95. The van der Waals surface area contributed by atoms with Gasteiger partial charge in [0.1, 0.15) is 5.69 Å². The fourth-order valence-electron chi connectivity index (χ4n) is 1.42. The molecule has 2 rings (SSSR count). The van der Waals surface area contributed by atoms with Gasteiger partial charge < -0.3 is 15.1 Å². The summed E-state index contributed by atoms with van der Waals surface area (Å²) in [4.78, 5) is 16.3. The zero-order chi connectivity index (χ0) is 11.9. The van der Waals surface area contributed by atoms with Crippen molar-refractivity contribution in [1.82, 2.24) is 19.7 Å². The highest BCUT2D eigenvalue weighted by Crippen LogP contribution is 2.20. The number of aromatic carboxylic acids is 1. The van der Waals surface area contributed by atoms with E-state index in [1.165, 1.54) is 0 Å². The number of hydrogen-bond donors (Lipinski definition) is 3. The third kappa shape index (κ3) is 1.65. The smallest absolute Gasteiger partial charge is 0.354 e. The maximum absolute atomic E-state index is 11.0. The van der Waals surface area contributed by atoms with E-state index in [1.54, 1.807) is 17.8 Å². The fourth-order valence-corrected chi connectivity index (χ4v) is 1.62. The molecule has 0 unspecified atom stereocenters. The number of nitrogens with zero attached hydrogens (tertiary/aromatic N) is 2.